The molecule has 94 valence electrons. The summed E-state index contributed by atoms with van der Waals surface area (Å²) in [5.41, 5.74) is -0.355. The third-order valence-corrected chi connectivity index (χ3v) is 4.08. The lowest BCUT2D eigenvalue weighted by Gasteiger charge is -2.37. The molecule has 0 saturated heterocycles. The fraction of sp³-hybridized carbons (Fsp3) is 0.500. The number of tetrazole rings is 1. The quantitative estimate of drug-likeness (QED) is 0.892. The standard InChI is InChI=1S/C10H11N5O2S/c1-6-11-7(5-18-6)8-12-13-14-15(8)10(9(16)17)3-2-4-10/h5H,2-4H2,1H3,(H,16,17). The van der Waals surface area contributed by atoms with Crippen molar-refractivity contribution in [3.05, 3.63) is 10.4 Å². The zero-order valence-corrected chi connectivity index (χ0v) is 10.5. The lowest BCUT2D eigenvalue weighted by Crippen LogP contribution is -2.48. The van der Waals surface area contributed by atoms with Gasteiger partial charge >= 0.3 is 5.97 Å². The van der Waals surface area contributed by atoms with E-state index in [-0.39, 0.29) is 0 Å². The first-order valence-electron chi connectivity index (χ1n) is 5.58. The van der Waals surface area contributed by atoms with Gasteiger partial charge in [-0.1, -0.05) is 0 Å². The largest absolute Gasteiger partial charge is 0.479 e. The number of carboxylic acids is 1. The molecule has 1 aliphatic carbocycles. The second kappa shape index (κ2) is 3.84. The van der Waals surface area contributed by atoms with E-state index in [4.69, 9.17) is 0 Å². The highest BCUT2D eigenvalue weighted by molar-refractivity contribution is 7.09. The first kappa shape index (κ1) is 11.3. The highest BCUT2D eigenvalue weighted by Crippen LogP contribution is 2.40. The number of thiazole rings is 1. The normalized spacial score (nSPS) is 17.4. The van der Waals surface area contributed by atoms with Crippen molar-refractivity contribution in [3.8, 4) is 11.5 Å². The van der Waals surface area contributed by atoms with Crippen molar-refractivity contribution in [1.82, 2.24) is 25.2 Å². The molecule has 1 saturated carbocycles. The summed E-state index contributed by atoms with van der Waals surface area (Å²) in [5, 5.41) is 23.5. The average molecular weight is 265 g/mol. The predicted molar refractivity (Wildman–Crippen MR) is 63.1 cm³/mol. The van der Waals surface area contributed by atoms with Gasteiger partial charge in [-0.05, 0) is 36.6 Å². The number of hydrogen-bond acceptors (Lipinski definition) is 6. The van der Waals surface area contributed by atoms with Crippen LogP contribution in [0, 0.1) is 6.92 Å². The van der Waals surface area contributed by atoms with Gasteiger partial charge in [-0.3, -0.25) is 0 Å². The Bertz CT molecular complexity index is 601. The summed E-state index contributed by atoms with van der Waals surface area (Å²) in [7, 11) is 0. The van der Waals surface area contributed by atoms with Crippen LogP contribution >= 0.6 is 11.3 Å². The molecule has 0 atom stereocenters. The van der Waals surface area contributed by atoms with E-state index in [0.717, 1.165) is 11.4 Å². The van der Waals surface area contributed by atoms with E-state index >= 15 is 0 Å². The lowest BCUT2D eigenvalue weighted by molar-refractivity contribution is -0.153. The molecule has 0 aliphatic heterocycles. The first-order valence-corrected chi connectivity index (χ1v) is 6.46. The van der Waals surface area contributed by atoms with Crippen LogP contribution in [0.2, 0.25) is 0 Å². The number of rotatable bonds is 3. The highest BCUT2D eigenvalue weighted by Gasteiger charge is 2.49. The molecular weight excluding hydrogens is 254 g/mol. The van der Waals surface area contributed by atoms with Crippen LogP contribution < -0.4 is 0 Å². The Hall–Kier alpha value is -1.83. The van der Waals surface area contributed by atoms with Crippen LogP contribution in [-0.2, 0) is 10.3 Å². The van der Waals surface area contributed by atoms with Gasteiger partial charge < -0.3 is 5.11 Å². The molecule has 2 aromatic rings. The van der Waals surface area contributed by atoms with Gasteiger partial charge in [0.15, 0.2) is 5.54 Å². The van der Waals surface area contributed by atoms with Crippen LogP contribution in [0.1, 0.15) is 24.3 Å². The van der Waals surface area contributed by atoms with E-state index in [1.54, 1.807) is 0 Å². The minimum absolute atomic E-state index is 0.432. The smallest absolute Gasteiger partial charge is 0.331 e. The fourth-order valence-corrected chi connectivity index (χ4v) is 2.72. The first-order chi connectivity index (χ1) is 8.63. The Morgan fingerprint density at radius 3 is 2.83 bits per heavy atom. The molecule has 18 heavy (non-hydrogen) atoms. The van der Waals surface area contributed by atoms with Gasteiger partial charge in [-0.2, -0.15) is 0 Å². The molecule has 0 radical (unpaired) electrons. The summed E-state index contributed by atoms with van der Waals surface area (Å²) in [6.45, 7) is 1.89. The Kier molecular flexibility index (Phi) is 2.40. The Labute approximate surface area is 106 Å². The summed E-state index contributed by atoms with van der Waals surface area (Å²) in [6, 6.07) is 0. The van der Waals surface area contributed by atoms with Crippen molar-refractivity contribution < 1.29 is 9.90 Å². The van der Waals surface area contributed by atoms with E-state index in [1.165, 1.54) is 16.0 Å². The maximum atomic E-state index is 11.5. The van der Waals surface area contributed by atoms with Crippen LogP contribution in [0.15, 0.2) is 5.38 Å². The van der Waals surface area contributed by atoms with Crippen molar-refractivity contribution in [3.63, 3.8) is 0 Å². The second-order valence-corrected chi connectivity index (χ2v) is 5.42. The number of nitrogens with zero attached hydrogens (tertiary/aromatic N) is 5. The predicted octanol–water partition coefficient (Wildman–Crippen LogP) is 1.07. The number of hydrogen-bond donors (Lipinski definition) is 1. The van der Waals surface area contributed by atoms with E-state index in [1.807, 2.05) is 12.3 Å². The zero-order chi connectivity index (χ0) is 12.8. The Morgan fingerprint density at radius 2 is 2.33 bits per heavy atom. The summed E-state index contributed by atoms with van der Waals surface area (Å²) in [5.74, 6) is -0.448. The van der Waals surface area contributed by atoms with Crippen LogP contribution in [0.3, 0.4) is 0 Å². The van der Waals surface area contributed by atoms with Gasteiger partial charge in [-0.25, -0.2) is 14.5 Å². The Morgan fingerprint density at radius 1 is 1.56 bits per heavy atom. The van der Waals surface area contributed by atoms with Crippen LogP contribution in [0.4, 0.5) is 0 Å². The van der Waals surface area contributed by atoms with Gasteiger partial charge in [0.25, 0.3) is 0 Å². The molecule has 1 N–H and O–H groups in total. The molecule has 2 aromatic heterocycles. The van der Waals surface area contributed by atoms with E-state index in [9.17, 15) is 9.90 Å². The average Bonchev–Trinajstić information content (AvgIpc) is 2.84. The third kappa shape index (κ3) is 1.45. The van der Waals surface area contributed by atoms with Crippen molar-refractivity contribution in [2.24, 2.45) is 0 Å². The Balaban J connectivity index is 2.09. The molecule has 0 aromatic carbocycles. The van der Waals surface area contributed by atoms with E-state index in [2.05, 4.69) is 20.5 Å². The van der Waals surface area contributed by atoms with E-state index in [0.29, 0.717) is 24.4 Å². The van der Waals surface area contributed by atoms with Gasteiger partial charge in [0.1, 0.15) is 5.69 Å². The molecule has 3 rings (SSSR count). The lowest BCUT2D eigenvalue weighted by atomic mass is 9.77. The van der Waals surface area contributed by atoms with Crippen molar-refractivity contribution >= 4 is 17.3 Å². The molecule has 0 unspecified atom stereocenters. The van der Waals surface area contributed by atoms with Gasteiger partial charge in [0.05, 0.1) is 5.01 Å². The van der Waals surface area contributed by atoms with Gasteiger partial charge in [-0.15, -0.1) is 16.4 Å². The molecule has 0 amide bonds. The highest BCUT2D eigenvalue weighted by atomic mass is 32.1. The van der Waals surface area contributed by atoms with Crippen molar-refractivity contribution in [2.75, 3.05) is 0 Å². The van der Waals surface area contributed by atoms with Crippen LogP contribution in [0.5, 0.6) is 0 Å². The van der Waals surface area contributed by atoms with Crippen molar-refractivity contribution in [2.45, 2.75) is 31.7 Å². The summed E-state index contributed by atoms with van der Waals surface area (Å²) < 4.78 is 1.41. The summed E-state index contributed by atoms with van der Waals surface area (Å²) in [4.78, 5) is 15.8. The molecule has 2 heterocycles. The van der Waals surface area contributed by atoms with Crippen LogP contribution in [-0.4, -0.2) is 36.3 Å². The van der Waals surface area contributed by atoms with Crippen LogP contribution in [0.25, 0.3) is 11.5 Å². The molecular formula is C10H11N5O2S. The third-order valence-electron chi connectivity index (χ3n) is 3.30. The number of carboxylic acid groups (broad SMARTS) is 1. The minimum atomic E-state index is -0.990. The molecule has 1 fully saturated rings. The van der Waals surface area contributed by atoms with E-state index < -0.39 is 11.5 Å². The monoisotopic (exact) mass is 265 g/mol. The fourth-order valence-electron chi connectivity index (χ4n) is 2.13. The topological polar surface area (TPSA) is 93.8 Å². The second-order valence-electron chi connectivity index (χ2n) is 4.36. The SMILES string of the molecule is Cc1nc(-c2nnnn2C2(C(=O)O)CCC2)cs1. The summed E-state index contributed by atoms with van der Waals surface area (Å²) in [6.07, 6.45) is 1.99. The number of aliphatic carboxylic acids is 1. The van der Waals surface area contributed by atoms with Gasteiger partial charge in [0.2, 0.25) is 5.82 Å². The number of aromatic nitrogens is 5. The minimum Gasteiger partial charge on any atom is -0.479 e. The number of aryl methyl sites for hydroxylation is 1. The van der Waals surface area contributed by atoms with Crippen molar-refractivity contribution in [1.29, 1.82) is 0 Å². The molecule has 0 bridgehead atoms. The maximum absolute atomic E-state index is 11.5. The van der Waals surface area contributed by atoms with Gasteiger partial charge in [0, 0.05) is 5.38 Å². The molecule has 7 nitrogen and oxygen atoms in total. The molecule has 1 aliphatic rings. The molecule has 0 spiro atoms. The summed E-state index contributed by atoms with van der Waals surface area (Å²) >= 11 is 1.49. The maximum Gasteiger partial charge on any atom is 0.331 e. The number of carbonyl (C=O) groups is 1. The molecule has 8 heteroatoms. The zero-order valence-electron chi connectivity index (χ0n) is 9.70.